The van der Waals surface area contributed by atoms with E-state index >= 15 is 0 Å². The molecule has 39 valence electrons. The molecule has 0 aromatic carbocycles. The first-order valence-corrected chi connectivity index (χ1v) is 8.52. The molecule has 0 amide bonds. The van der Waals surface area contributed by atoms with Crippen LogP contribution >= 0.6 is 48.6 Å². The van der Waals surface area contributed by atoms with Crippen LogP contribution in [0, 0.1) is 0 Å². The molecule has 5 heavy (non-hydrogen) atoms. The van der Waals surface area contributed by atoms with E-state index in [4.69, 9.17) is 20.3 Å². The molecule has 0 fully saturated rings. The van der Waals surface area contributed by atoms with Gasteiger partial charge in [0.05, 0.1) is 0 Å². The first-order valence-electron chi connectivity index (χ1n) is 0.504. The van der Waals surface area contributed by atoms with Gasteiger partial charge in [0.15, 0.2) is 0 Å². The van der Waals surface area contributed by atoms with Gasteiger partial charge in [-0.25, -0.2) is 0 Å². The Labute approximate surface area is 55.3 Å². The second-order valence-corrected chi connectivity index (χ2v) is 19.3. The molecule has 0 aliphatic rings. The summed E-state index contributed by atoms with van der Waals surface area (Å²) >= 11 is 5.86. The topological polar surface area (TPSA) is 0 Å². The molecular weight excluding hydrogens is 290 g/mol. The van der Waals surface area contributed by atoms with Crippen LogP contribution < -0.4 is 0 Å². The van der Waals surface area contributed by atoms with Crippen molar-refractivity contribution in [3.8, 4) is 0 Å². The van der Waals surface area contributed by atoms with Crippen molar-refractivity contribution in [3.63, 3.8) is 0 Å². The molecule has 0 saturated carbocycles. The van der Waals surface area contributed by atoms with Crippen molar-refractivity contribution in [2.24, 2.45) is 0 Å². The van der Waals surface area contributed by atoms with Gasteiger partial charge in [0.25, 0.3) is 0 Å². The Morgan fingerprint density at radius 3 is 1.20 bits per heavy atom. The van der Waals surface area contributed by atoms with Gasteiger partial charge in [0, 0.05) is 0 Å². The van der Waals surface area contributed by atoms with E-state index in [9.17, 15) is 0 Å². The van der Waals surface area contributed by atoms with E-state index in [1.807, 2.05) is 0 Å². The zero-order valence-corrected chi connectivity index (χ0v) is 7.57. The second-order valence-electron chi connectivity index (χ2n) is 0.286. The minimum absolute atomic E-state index is 1.81. The third-order valence-corrected chi connectivity index (χ3v) is 0. The summed E-state index contributed by atoms with van der Waals surface area (Å²) in [5, 5.41) is 0. The van der Waals surface area contributed by atoms with Crippen LogP contribution in [0.4, 0.5) is 0 Å². The third kappa shape index (κ3) is 23.6. The number of hydrogen-bond donors (Lipinski definition) is 0. The molecular formula is Br2Cl2Co-2. The SMILES string of the molecule is [Cl][Co-2]([Cl])([Br])[Br]. The molecule has 5 heteroatoms. The average Bonchev–Trinajstić information content (AvgIpc) is 0.722. The molecule has 0 saturated heterocycles. The number of hydrogen-bond acceptors (Lipinski definition) is 0. The summed E-state index contributed by atoms with van der Waals surface area (Å²) in [7, 11) is 8.67. The summed E-state index contributed by atoms with van der Waals surface area (Å²) in [5.74, 6) is 0. The normalized spacial score (nSPS) is 15.2. The van der Waals surface area contributed by atoms with Crippen molar-refractivity contribution >= 4 is 48.6 Å². The molecule has 0 atom stereocenters. The molecule has 0 N–H and O–H groups in total. The molecule has 0 spiro atoms. The van der Waals surface area contributed by atoms with Gasteiger partial charge >= 0.3 is 55.9 Å². The van der Waals surface area contributed by atoms with Crippen molar-refractivity contribution < 1.29 is 7.23 Å². The van der Waals surface area contributed by atoms with Gasteiger partial charge < -0.3 is 0 Å². The fourth-order valence-corrected chi connectivity index (χ4v) is 0. The second kappa shape index (κ2) is 2.38. The van der Waals surface area contributed by atoms with Gasteiger partial charge in [-0.15, -0.1) is 0 Å². The average molecular weight is 290 g/mol. The van der Waals surface area contributed by atoms with Crippen LogP contribution in [0.1, 0.15) is 0 Å². The van der Waals surface area contributed by atoms with Gasteiger partial charge in [-0.05, 0) is 0 Å². The quantitative estimate of drug-likeness (QED) is 0.643. The molecule has 0 radical (unpaired) electrons. The Kier molecular flexibility index (Phi) is 3.35. The minimum atomic E-state index is -1.81. The summed E-state index contributed by atoms with van der Waals surface area (Å²) in [5.41, 5.74) is 0. The van der Waals surface area contributed by atoms with E-state index in [1.54, 1.807) is 0 Å². The van der Waals surface area contributed by atoms with Crippen molar-refractivity contribution in [1.82, 2.24) is 0 Å². The molecule has 0 aliphatic carbocycles. The van der Waals surface area contributed by atoms with Crippen molar-refractivity contribution in [2.75, 3.05) is 0 Å². The predicted molar refractivity (Wildman–Crippen MR) is 29.6 cm³/mol. The Balaban J connectivity index is 3.02. The summed E-state index contributed by atoms with van der Waals surface area (Å²) in [6.07, 6.45) is 0. The Morgan fingerprint density at radius 2 is 1.20 bits per heavy atom. The molecule has 0 aliphatic heterocycles. The first kappa shape index (κ1) is 7.05. The maximum absolute atomic E-state index is 5.24. The van der Waals surface area contributed by atoms with Gasteiger partial charge in [0.1, 0.15) is 0 Å². The Hall–Kier alpha value is 2.05. The summed E-state index contributed by atoms with van der Waals surface area (Å²) in [6.45, 7) is 0. The van der Waals surface area contributed by atoms with Crippen molar-refractivity contribution in [1.29, 1.82) is 0 Å². The summed E-state index contributed by atoms with van der Waals surface area (Å²) in [4.78, 5) is 0. The van der Waals surface area contributed by atoms with Crippen molar-refractivity contribution in [2.45, 2.75) is 0 Å². The van der Waals surface area contributed by atoms with E-state index in [-0.39, 0.29) is 0 Å². The molecule has 0 unspecified atom stereocenters. The monoisotopic (exact) mass is 287 g/mol. The van der Waals surface area contributed by atoms with Crippen LogP contribution in [0.25, 0.3) is 0 Å². The number of rotatable bonds is 0. The van der Waals surface area contributed by atoms with Crippen molar-refractivity contribution in [3.05, 3.63) is 0 Å². The summed E-state index contributed by atoms with van der Waals surface area (Å²) in [6, 6.07) is 0. The number of halogens is 4. The van der Waals surface area contributed by atoms with Crippen LogP contribution in [0.2, 0.25) is 0 Å². The summed E-state index contributed by atoms with van der Waals surface area (Å²) < 4.78 is 0. The fraction of sp³-hybridized carbons (Fsp3) is 0. The molecule has 0 aromatic heterocycles. The van der Waals surface area contributed by atoms with Gasteiger partial charge in [-0.1, -0.05) is 0 Å². The van der Waals surface area contributed by atoms with Crippen LogP contribution in [0.5, 0.6) is 0 Å². The molecule has 0 bridgehead atoms. The zero-order valence-electron chi connectivity index (χ0n) is 1.85. The van der Waals surface area contributed by atoms with E-state index in [1.165, 1.54) is 0 Å². The van der Waals surface area contributed by atoms with Gasteiger partial charge in [0.2, 0.25) is 0 Å². The fourth-order valence-electron chi connectivity index (χ4n) is 0. The predicted octanol–water partition coefficient (Wildman–Crippen LogP) is 3.07. The third-order valence-electron chi connectivity index (χ3n) is 0. The molecule has 0 aromatic rings. The van der Waals surface area contributed by atoms with Crippen LogP contribution in [-0.2, 0) is 7.23 Å². The zero-order chi connectivity index (χ0) is 4.50. The molecule has 0 heterocycles. The Bertz CT molecular complexity index is 23.1. The van der Waals surface area contributed by atoms with E-state index < -0.39 is 7.23 Å². The van der Waals surface area contributed by atoms with Crippen LogP contribution in [0.15, 0.2) is 0 Å². The van der Waals surface area contributed by atoms with E-state index in [2.05, 4.69) is 28.3 Å². The van der Waals surface area contributed by atoms with E-state index in [0.29, 0.717) is 0 Å². The van der Waals surface area contributed by atoms with E-state index in [0.717, 1.165) is 0 Å². The Morgan fingerprint density at radius 1 is 1.20 bits per heavy atom. The van der Waals surface area contributed by atoms with Gasteiger partial charge in [-0.2, -0.15) is 0 Å². The van der Waals surface area contributed by atoms with Crippen LogP contribution in [0.3, 0.4) is 0 Å². The first-order chi connectivity index (χ1) is 2.00. The standard InChI is InChI=1S/2BrH.2ClH.Co/h4*1H;/q;;;;+2/p-4. The van der Waals surface area contributed by atoms with Crippen LogP contribution in [-0.4, -0.2) is 0 Å². The van der Waals surface area contributed by atoms with Gasteiger partial charge in [-0.3, -0.25) is 0 Å². The molecule has 0 rings (SSSR count). The molecule has 0 nitrogen and oxygen atoms in total. The maximum atomic E-state index is 5.24.